The van der Waals surface area contributed by atoms with Crippen LogP contribution in [0.1, 0.15) is 19.8 Å². The van der Waals surface area contributed by atoms with Gasteiger partial charge in [-0.1, -0.05) is 12.1 Å². The number of nitrogens with one attached hydrogen (secondary N) is 1. The molecule has 0 radical (unpaired) electrons. The summed E-state index contributed by atoms with van der Waals surface area (Å²) in [6.45, 7) is 3.67. The molecule has 1 aromatic heterocycles. The first-order valence-corrected chi connectivity index (χ1v) is 8.48. The van der Waals surface area contributed by atoms with E-state index in [0.29, 0.717) is 37.0 Å². The zero-order chi connectivity index (χ0) is 17.5. The Morgan fingerprint density at radius 3 is 3.00 bits per heavy atom. The van der Waals surface area contributed by atoms with E-state index in [1.807, 2.05) is 31.2 Å². The summed E-state index contributed by atoms with van der Waals surface area (Å²) >= 11 is 0. The molecule has 1 unspecified atom stereocenters. The predicted octanol–water partition coefficient (Wildman–Crippen LogP) is 2.95. The number of hydrogen-bond acceptors (Lipinski definition) is 5. The van der Waals surface area contributed by atoms with Gasteiger partial charge in [0.15, 0.2) is 0 Å². The van der Waals surface area contributed by atoms with Crippen molar-refractivity contribution in [3.8, 4) is 11.6 Å². The number of nitrogens with zero attached hydrogens (tertiary/aromatic N) is 3. The molecule has 0 bridgehead atoms. The monoisotopic (exact) mass is 342 g/mol. The van der Waals surface area contributed by atoms with Crippen LogP contribution in [-0.4, -0.2) is 46.9 Å². The second-order valence-corrected chi connectivity index (χ2v) is 5.75. The Kier molecular flexibility index (Phi) is 5.66. The van der Waals surface area contributed by atoms with E-state index in [0.717, 1.165) is 12.8 Å². The molecule has 0 aliphatic carbocycles. The van der Waals surface area contributed by atoms with Crippen molar-refractivity contribution in [1.82, 2.24) is 15.1 Å². The van der Waals surface area contributed by atoms with Crippen LogP contribution in [0, 0.1) is 0 Å². The number of aromatic nitrogens is 2. The lowest BCUT2D eigenvalue weighted by Gasteiger charge is -2.32. The van der Waals surface area contributed by atoms with Gasteiger partial charge in [-0.25, -0.2) is 4.79 Å². The number of carbonyl (C=O) groups excluding carboxylic acids is 1. The zero-order valence-corrected chi connectivity index (χ0v) is 14.2. The molecule has 7 heteroatoms. The zero-order valence-electron chi connectivity index (χ0n) is 14.2. The minimum absolute atomic E-state index is 0.0849. The van der Waals surface area contributed by atoms with Crippen LogP contribution in [0.3, 0.4) is 0 Å². The number of likely N-dealkylation sites (tertiary alicyclic amines) is 1. The number of urea groups is 1. The van der Waals surface area contributed by atoms with E-state index in [1.165, 1.54) is 0 Å². The Balaban J connectivity index is 1.60. The van der Waals surface area contributed by atoms with Crippen LogP contribution in [0.15, 0.2) is 42.6 Å². The highest BCUT2D eigenvalue weighted by Gasteiger charge is 2.25. The number of ether oxygens (including phenoxy) is 2. The molecule has 1 N–H and O–H groups in total. The molecule has 1 atom stereocenters. The summed E-state index contributed by atoms with van der Waals surface area (Å²) < 4.78 is 11.4. The summed E-state index contributed by atoms with van der Waals surface area (Å²) in [5.41, 5.74) is 0.673. The maximum Gasteiger partial charge on any atom is 0.322 e. The van der Waals surface area contributed by atoms with Crippen molar-refractivity contribution in [2.75, 3.05) is 25.0 Å². The van der Waals surface area contributed by atoms with E-state index >= 15 is 0 Å². The lowest BCUT2D eigenvalue weighted by Crippen LogP contribution is -2.46. The normalized spacial score (nSPS) is 17.0. The van der Waals surface area contributed by atoms with Gasteiger partial charge in [0, 0.05) is 18.8 Å². The first-order valence-electron chi connectivity index (χ1n) is 8.48. The lowest BCUT2D eigenvalue weighted by molar-refractivity contribution is 0.102. The molecular formula is C18H22N4O3. The van der Waals surface area contributed by atoms with Crippen molar-refractivity contribution < 1.29 is 14.3 Å². The van der Waals surface area contributed by atoms with E-state index in [-0.39, 0.29) is 12.1 Å². The SMILES string of the molecule is CCOc1ccccc1NC(=O)N1CCCC(Oc2cccnn2)C1. The van der Waals surface area contributed by atoms with E-state index in [4.69, 9.17) is 9.47 Å². The molecule has 1 saturated heterocycles. The Bertz CT molecular complexity index is 696. The number of benzene rings is 1. The van der Waals surface area contributed by atoms with Gasteiger partial charge in [0.2, 0.25) is 5.88 Å². The van der Waals surface area contributed by atoms with Gasteiger partial charge < -0.3 is 19.7 Å². The van der Waals surface area contributed by atoms with E-state index in [9.17, 15) is 4.79 Å². The van der Waals surface area contributed by atoms with Crippen LogP contribution < -0.4 is 14.8 Å². The van der Waals surface area contributed by atoms with Crippen molar-refractivity contribution in [1.29, 1.82) is 0 Å². The molecule has 7 nitrogen and oxygen atoms in total. The van der Waals surface area contributed by atoms with Crippen molar-refractivity contribution in [2.24, 2.45) is 0 Å². The average Bonchev–Trinajstić information content (AvgIpc) is 2.64. The minimum atomic E-state index is -0.153. The van der Waals surface area contributed by atoms with Gasteiger partial charge in [-0.05, 0) is 38.0 Å². The van der Waals surface area contributed by atoms with Crippen molar-refractivity contribution in [2.45, 2.75) is 25.9 Å². The van der Waals surface area contributed by atoms with Gasteiger partial charge in [0.25, 0.3) is 0 Å². The number of carbonyl (C=O) groups is 1. The number of amides is 2. The maximum absolute atomic E-state index is 12.6. The smallest absolute Gasteiger partial charge is 0.322 e. The topological polar surface area (TPSA) is 76.6 Å². The van der Waals surface area contributed by atoms with Crippen molar-refractivity contribution >= 4 is 11.7 Å². The molecule has 1 aromatic carbocycles. The molecule has 2 amide bonds. The van der Waals surface area contributed by atoms with Crippen LogP contribution in [0.2, 0.25) is 0 Å². The largest absolute Gasteiger partial charge is 0.492 e. The molecule has 0 spiro atoms. The third-order valence-corrected chi connectivity index (χ3v) is 3.93. The standard InChI is InChI=1S/C18H22N4O3/c1-2-24-16-9-4-3-8-15(16)20-18(23)22-12-6-7-14(13-22)25-17-10-5-11-19-21-17/h3-5,8-11,14H,2,6-7,12-13H2,1H3,(H,20,23). The number of rotatable bonds is 5. The fourth-order valence-electron chi connectivity index (χ4n) is 2.79. The van der Waals surface area contributed by atoms with Gasteiger partial charge in [-0.3, -0.25) is 0 Å². The summed E-state index contributed by atoms with van der Waals surface area (Å²) in [5, 5.41) is 10.7. The molecule has 132 valence electrons. The Hall–Kier alpha value is -2.83. The van der Waals surface area contributed by atoms with Gasteiger partial charge in [-0.15, -0.1) is 5.10 Å². The first kappa shape index (κ1) is 17.0. The van der Waals surface area contributed by atoms with E-state index < -0.39 is 0 Å². The molecule has 2 heterocycles. The van der Waals surface area contributed by atoms with Gasteiger partial charge in [0.05, 0.1) is 18.8 Å². The minimum Gasteiger partial charge on any atom is -0.492 e. The Morgan fingerprint density at radius 2 is 2.20 bits per heavy atom. The number of anilines is 1. The van der Waals surface area contributed by atoms with E-state index in [2.05, 4.69) is 15.5 Å². The highest BCUT2D eigenvalue weighted by atomic mass is 16.5. The van der Waals surface area contributed by atoms with Crippen LogP contribution in [0.5, 0.6) is 11.6 Å². The van der Waals surface area contributed by atoms with Crippen LogP contribution in [-0.2, 0) is 0 Å². The Morgan fingerprint density at radius 1 is 1.32 bits per heavy atom. The third kappa shape index (κ3) is 4.59. The van der Waals surface area contributed by atoms with Crippen molar-refractivity contribution in [3.63, 3.8) is 0 Å². The van der Waals surface area contributed by atoms with E-state index in [1.54, 1.807) is 23.2 Å². The molecule has 1 aliphatic heterocycles. The van der Waals surface area contributed by atoms with Crippen molar-refractivity contribution in [3.05, 3.63) is 42.6 Å². The molecule has 1 aliphatic rings. The predicted molar refractivity (Wildman–Crippen MR) is 93.9 cm³/mol. The summed E-state index contributed by atoms with van der Waals surface area (Å²) in [6, 6.07) is 10.8. The number of piperidine rings is 1. The Labute approximate surface area is 147 Å². The molecule has 3 rings (SSSR count). The molecule has 25 heavy (non-hydrogen) atoms. The third-order valence-electron chi connectivity index (χ3n) is 3.93. The molecule has 0 saturated carbocycles. The highest BCUT2D eigenvalue weighted by Crippen LogP contribution is 2.25. The highest BCUT2D eigenvalue weighted by molar-refractivity contribution is 5.91. The van der Waals surface area contributed by atoms with Gasteiger partial charge in [0.1, 0.15) is 11.9 Å². The quantitative estimate of drug-likeness (QED) is 0.904. The van der Waals surface area contributed by atoms with Crippen LogP contribution in [0.4, 0.5) is 10.5 Å². The second-order valence-electron chi connectivity index (χ2n) is 5.75. The molecule has 1 fully saturated rings. The molecule has 2 aromatic rings. The van der Waals surface area contributed by atoms with Crippen LogP contribution in [0.25, 0.3) is 0 Å². The maximum atomic E-state index is 12.6. The number of hydrogen-bond donors (Lipinski definition) is 1. The van der Waals surface area contributed by atoms with Crippen LogP contribution >= 0.6 is 0 Å². The second kappa shape index (κ2) is 8.32. The van der Waals surface area contributed by atoms with Gasteiger partial charge in [-0.2, -0.15) is 5.10 Å². The average molecular weight is 342 g/mol. The lowest BCUT2D eigenvalue weighted by atomic mass is 10.1. The fourth-order valence-corrected chi connectivity index (χ4v) is 2.79. The van der Waals surface area contributed by atoms with Gasteiger partial charge >= 0.3 is 6.03 Å². The number of para-hydroxylation sites is 2. The summed E-state index contributed by atoms with van der Waals surface area (Å²) in [7, 11) is 0. The fraction of sp³-hybridized carbons (Fsp3) is 0.389. The summed E-state index contributed by atoms with van der Waals surface area (Å²) in [4.78, 5) is 14.4. The summed E-state index contributed by atoms with van der Waals surface area (Å²) in [5.74, 6) is 1.15. The molecular weight excluding hydrogens is 320 g/mol. The first-order chi connectivity index (χ1) is 12.3. The summed E-state index contributed by atoms with van der Waals surface area (Å²) in [6.07, 6.45) is 3.28.